The predicted octanol–water partition coefficient (Wildman–Crippen LogP) is 3.91. The molecule has 0 N–H and O–H groups in total. The second kappa shape index (κ2) is 7.76. The lowest BCUT2D eigenvalue weighted by atomic mass is 10.0. The number of carbonyl (C=O) groups is 1. The molecule has 0 bridgehead atoms. The molecule has 3 fully saturated rings. The molecule has 1 aliphatic carbocycles. The maximum Gasteiger partial charge on any atom is 0.248 e. The van der Waals surface area contributed by atoms with Gasteiger partial charge in [-0.1, -0.05) is 49.0 Å². The van der Waals surface area contributed by atoms with Gasteiger partial charge in [0, 0.05) is 22.4 Å². The van der Waals surface area contributed by atoms with E-state index < -0.39 is 9.84 Å². The normalized spacial score (nSPS) is 28.8. The Morgan fingerprint density at radius 3 is 2.59 bits per heavy atom. The van der Waals surface area contributed by atoms with Crippen LogP contribution in [0.4, 0.5) is 5.69 Å². The standard InChI is InChI=1S/C19H23ClN2O3S2/c20-14-6-8-15(9-7-14)22-16-11-27(24,25)12-17(16)26-19(22)21-18(23)10-5-13-3-1-2-4-13/h6-9,13,16-17H,1-5,10-12H2/t16-,17+/m0/s1. The zero-order valence-electron chi connectivity index (χ0n) is 15.0. The van der Waals surface area contributed by atoms with E-state index in [2.05, 4.69) is 4.99 Å². The molecular formula is C19H23ClN2O3S2. The summed E-state index contributed by atoms with van der Waals surface area (Å²) < 4.78 is 24.2. The van der Waals surface area contributed by atoms with Crippen LogP contribution in [0.2, 0.25) is 5.02 Å². The molecule has 4 rings (SSSR count). The highest BCUT2D eigenvalue weighted by Gasteiger charge is 2.49. The van der Waals surface area contributed by atoms with Crippen LogP contribution in [-0.4, -0.2) is 42.3 Å². The fourth-order valence-electron chi connectivity index (χ4n) is 4.26. The number of hydrogen-bond donors (Lipinski definition) is 0. The van der Waals surface area contributed by atoms with E-state index in [9.17, 15) is 13.2 Å². The molecule has 1 amide bonds. The molecule has 146 valence electrons. The van der Waals surface area contributed by atoms with Gasteiger partial charge in [0.1, 0.15) is 0 Å². The fourth-order valence-corrected chi connectivity index (χ4v) is 8.31. The number of fused-ring (bicyclic) bond motifs is 1. The van der Waals surface area contributed by atoms with Crippen molar-refractivity contribution in [3.05, 3.63) is 29.3 Å². The smallest absolute Gasteiger partial charge is 0.248 e. The third-order valence-corrected chi connectivity index (χ3v) is 9.09. The molecule has 0 aromatic heterocycles. The van der Waals surface area contributed by atoms with Crippen molar-refractivity contribution in [2.24, 2.45) is 10.9 Å². The van der Waals surface area contributed by atoms with E-state index in [0.717, 1.165) is 12.1 Å². The van der Waals surface area contributed by atoms with Crippen molar-refractivity contribution in [1.29, 1.82) is 0 Å². The summed E-state index contributed by atoms with van der Waals surface area (Å²) in [5.41, 5.74) is 0.832. The first-order chi connectivity index (χ1) is 12.9. The lowest BCUT2D eigenvalue weighted by Crippen LogP contribution is -2.37. The van der Waals surface area contributed by atoms with Crippen LogP contribution >= 0.6 is 23.4 Å². The maximum absolute atomic E-state index is 12.5. The Balaban J connectivity index is 1.54. The van der Waals surface area contributed by atoms with E-state index in [-0.39, 0.29) is 28.7 Å². The van der Waals surface area contributed by atoms with Gasteiger partial charge in [-0.2, -0.15) is 4.99 Å². The first kappa shape index (κ1) is 19.3. The van der Waals surface area contributed by atoms with Gasteiger partial charge in [0.15, 0.2) is 15.0 Å². The SMILES string of the molecule is O=C(CCC1CCCC1)N=C1S[C@@H]2CS(=O)(=O)C[C@@H]2N1c1ccc(Cl)cc1. The van der Waals surface area contributed by atoms with Crippen LogP contribution in [0.5, 0.6) is 0 Å². The van der Waals surface area contributed by atoms with E-state index in [1.165, 1.54) is 37.4 Å². The van der Waals surface area contributed by atoms with Gasteiger partial charge in [-0.25, -0.2) is 8.42 Å². The molecule has 1 aromatic rings. The van der Waals surface area contributed by atoms with Crippen LogP contribution in [0.1, 0.15) is 38.5 Å². The summed E-state index contributed by atoms with van der Waals surface area (Å²) in [5.74, 6) is 0.790. The molecule has 5 nitrogen and oxygen atoms in total. The van der Waals surface area contributed by atoms with Crippen molar-refractivity contribution >= 4 is 50.0 Å². The number of aliphatic imine (C=N–C) groups is 1. The van der Waals surface area contributed by atoms with Crippen LogP contribution < -0.4 is 4.90 Å². The van der Waals surface area contributed by atoms with Crippen LogP contribution in [0, 0.1) is 5.92 Å². The molecular weight excluding hydrogens is 404 g/mol. The summed E-state index contributed by atoms with van der Waals surface area (Å²) in [4.78, 5) is 18.8. The second-order valence-electron chi connectivity index (χ2n) is 7.62. The monoisotopic (exact) mass is 426 g/mol. The molecule has 0 unspecified atom stereocenters. The molecule has 27 heavy (non-hydrogen) atoms. The summed E-state index contributed by atoms with van der Waals surface area (Å²) in [6.45, 7) is 0. The van der Waals surface area contributed by atoms with Crippen LogP contribution in [-0.2, 0) is 14.6 Å². The van der Waals surface area contributed by atoms with Gasteiger partial charge >= 0.3 is 0 Å². The largest absolute Gasteiger partial charge is 0.316 e. The lowest BCUT2D eigenvalue weighted by molar-refractivity contribution is -0.118. The third kappa shape index (κ3) is 4.35. The van der Waals surface area contributed by atoms with Gasteiger partial charge in [-0.3, -0.25) is 4.79 Å². The molecule has 2 heterocycles. The highest BCUT2D eigenvalue weighted by Crippen LogP contribution is 2.41. The Morgan fingerprint density at radius 2 is 1.89 bits per heavy atom. The lowest BCUT2D eigenvalue weighted by Gasteiger charge is -2.24. The topological polar surface area (TPSA) is 66.8 Å². The maximum atomic E-state index is 12.5. The minimum absolute atomic E-state index is 0.0768. The van der Waals surface area contributed by atoms with E-state index >= 15 is 0 Å². The zero-order chi connectivity index (χ0) is 19.0. The van der Waals surface area contributed by atoms with Crippen LogP contribution in [0.15, 0.2) is 29.3 Å². The first-order valence-electron chi connectivity index (χ1n) is 9.45. The average molecular weight is 427 g/mol. The summed E-state index contributed by atoms with van der Waals surface area (Å²) >= 11 is 7.42. The van der Waals surface area contributed by atoms with Gasteiger partial charge in [-0.15, -0.1) is 0 Å². The molecule has 2 saturated heterocycles. The summed E-state index contributed by atoms with van der Waals surface area (Å²) in [5, 5.41) is 1.16. The summed E-state index contributed by atoms with van der Waals surface area (Å²) in [6.07, 6.45) is 6.35. The van der Waals surface area contributed by atoms with E-state index in [0.29, 0.717) is 22.5 Å². The van der Waals surface area contributed by atoms with Gasteiger partial charge in [0.25, 0.3) is 0 Å². The molecule has 1 saturated carbocycles. The Labute approximate surface area is 169 Å². The van der Waals surface area contributed by atoms with E-state index in [1.54, 1.807) is 12.1 Å². The van der Waals surface area contributed by atoms with Gasteiger partial charge in [-0.05, 0) is 36.6 Å². The number of thioether (sulfide) groups is 1. The van der Waals surface area contributed by atoms with Crippen molar-refractivity contribution in [3.8, 4) is 0 Å². The molecule has 2 atom stereocenters. The minimum atomic E-state index is -3.06. The molecule has 2 aliphatic heterocycles. The number of halogens is 1. The molecule has 1 aromatic carbocycles. The second-order valence-corrected chi connectivity index (χ2v) is 11.4. The Bertz CT molecular complexity index is 848. The fraction of sp³-hybridized carbons (Fsp3) is 0.579. The van der Waals surface area contributed by atoms with E-state index in [1.807, 2.05) is 17.0 Å². The van der Waals surface area contributed by atoms with Gasteiger partial charge in [0.05, 0.1) is 17.5 Å². The van der Waals surface area contributed by atoms with Crippen LogP contribution in [0.25, 0.3) is 0 Å². The number of carbonyl (C=O) groups excluding carboxylic acids is 1. The Hall–Kier alpha value is -1.05. The summed E-state index contributed by atoms with van der Waals surface area (Å²) in [7, 11) is -3.06. The molecule has 3 aliphatic rings. The number of sulfone groups is 1. The highest BCUT2D eigenvalue weighted by molar-refractivity contribution is 8.16. The first-order valence-corrected chi connectivity index (χ1v) is 12.5. The number of benzene rings is 1. The van der Waals surface area contributed by atoms with Crippen molar-refractivity contribution in [2.75, 3.05) is 16.4 Å². The zero-order valence-corrected chi connectivity index (χ0v) is 17.4. The van der Waals surface area contributed by atoms with Crippen LogP contribution in [0.3, 0.4) is 0 Å². The Morgan fingerprint density at radius 1 is 1.19 bits per heavy atom. The number of anilines is 1. The van der Waals surface area contributed by atoms with E-state index in [4.69, 9.17) is 11.6 Å². The number of amides is 1. The van der Waals surface area contributed by atoms with Crippen molar-refractivity contribution in [2.45, 2.75) is 49.8 Å². The molecule has 0 radical (unpaired) electrons. The minimum Gasteiger partial charge on any atom is -0.316 e. The number of amidine groups is 1. The highest BCUT2D eigenvalue weighted by atomic mass is 35.5. The molecule has 0 spiro atoms. The number of rotatable bonds is 4. The molecule has 8 heteroatoms. The number of hydrogen-bond acceptors (Lipinski definition) is 4. The quantitative estimate of drug-likeness (QED) is 0.730. The van der Waals surface area contributed by atoms with Gasteiger partial charge < -0.3 is 4.90 Å². The van der Waals surface area contributed by atoms with Crippen molar-refractivity contribution in [1.82, 2.24) is 0 Å². The number of nitrogens with zero attached hydrogens (tertiary/aromatic N) is 2. The van der Waals surface area contributed by atoms with Crippen molar-refractivity contribution < 1.29 is 13.2 Å². The third-order valence-electron chi connectivity index (χ3n) is 5.63. The Kier molecular flexibility index (Phi) is 5.54. The average Bonchev–Trinajstić information content (AvgIpc) is 3.29. The summed E-state index contributed by atoms with van der Waals surface area (Å²) in [6, 6.07) is 7.08. The predicted molar refractivity (Wildman–Crippen MR) is 111 cm³/mol. The van der Waals surface area contributed by atoms with Gasteiger partial charge in [0.2, 0.25) is 5.91 Å². The van der Waals surface area contributed by atoms with Crippen molar-refractivity contribution in [3.63, 3.8) is 0 Å².